The molecular weight excluding hydrogens is 464 g/mol. The minimum Gasteiger partial charge on any atom is -0.342 e. The molecule has 0 N–H and O–H groups in total. The molecule has 2 aliphatic carbocycles. The molecule has 1 amide bonds. The highest BCUT2D eigenvalue weighted by Gasteiger charge is 2.56. The Kier molecular flexibility index (Phi) is 6.90. The van der Waals surface area contributed by atoms with Crippen molar-refractivity contribution in [1.82, 2.24) is 9.80 Å². The summed E-state index contributed by atoms with van der Waals surface area (Å²) in [6, 6.07) is 20.4. The summed E-state index contributed by atoms with van der Waals surface area (Å²) in [5.41, 5.74) is 3.45. The van der Waals surface area contributed by atoms with Crippen LogP contribution >= 0.6 is 11.6 Å². The second-order valence-electron chi connectivity index (χ2n) is 12.2. The Morgan fingerprint density at radius 1 is 0.833 bits per heavy atom. The Balaban J connectivity index is 1.21. The molecule has 1 spiro atoms. The molecule has 4 aliphatic rings. The molecule has 0 bridgehead atoms. The number of amides is 1. The highest BCUT2D eigenvalue weighted by Crippen LogP contribution is 2.57. The van der Waals surface area contributed by atoms with Crippen molar-refractivity contribution in [1.29, 1.82) is 0 Å². The van der Waals surface area contributed by atoms with Gasteiger partial charge in [-0.05, 0) is 61.8 Å². The highest BCUT2D eigenvalue weighted by atomic mass is 35.5. The fraction of sp³-hybridized carbons (Fsp3) is 0.594. The van der Waals surface area contributed by atoms with E-state index in [1.807, 2.05) is 0 Å². The van der Waals surface area contributed by atoms with E-state index in [4.69, 9.17) is 11.6 Å². The SMILES string of the molecule is O=C(C1CCCCC1)N1CCC2(CC1)CN(CC1(c3ccc(Cl)cc3)CCCC1)C2c1ccccc1. The maximum Gasteiger partial charge on any atom is 0.225 e. The Morgan fingerprint density at radius 3 is 2.17 bits per heavy atom. The van der Waals surface area contributed by atoms with Crippen molar-refractivity contribution in [3.63, 3.8) is 0 Å². The number of likely N-dealkylation sites (tertiary alicyclic amines) is 2. The van der Waals surface area contributed by atoms with Crippen LogP contribution in [0, 0.1) is 11.3 Å². The number of benzene rings is 2. The van der Waals surface area contributed by atoms with E-state index in [-0.39, 0.29) is 11.3 Å². The van der Waals surface area contributed by atoms with Gasteiger partial charge in [0.05, 0.1) is 0 Å². The molecule has 2 aromatic rings. The minimum atomic E-state index is 0.233. The zero-order valence-corrected chi connectivity index (χ0v) is 22.4. The predicted octanol–water partition coefficient (Wildman–Crippen LogP) is 7.40. The van der Waals surface area contributed by atoms with Crippen LogP contribution in [0.15, 0.2) is 54.6 Å². The largest absolute Gasteiger partial charge is 0.342 e. The first kappa shape index (κ1) is 24.5. The Morgan fingerprint density at radius 2 is 1.50 bits per heavy atom. The molecule has 2 saturated heterocycles. The van der Waals surface area contributed by atoms with Crippen LogP contribution in [0.4, 0.5) is 0 Å². The fourth-order valence-corrected chi connectivity index (χ4v) is 8.32. The quantitative estimate of drug-likeness (QED) is 0.423. The van der Waals surface area contributed by atoms with Crippen LogP contribution in [0.5, 0.6) is 0 Å². The van der Waals surface area contributed by atoms with Gasteiger partial charge in [0.25, 0.3) is 0 Å². The van der Waals surface area contributed by atoms with Crippen LogP contribution < -0.4 is 0 Å². The normalized spacial score (nSPS) is 26.1. The number of piperidine rings is 1. The summed E-state index contributed by atoms with van der Waals surface area (Å²) < 4.78 is 0. The molecule has 0 radical (unpaired) electrons. The molecular formula is C32H41ClN2O. The molecule has 2 aliphatic heterocycles. The lowest BCUT2D eigenvalue weighted by molar-refractivity contribution is -0.149. The lowest BCUT2D eigenvalue weighted by Gasteiger charge is -2.62. The van der Waals surface area contributed by atoms with E-state index in [0.717, 1.165) is 56.9 Å². The van der Waals surface area contributed by atoms with E-state index in [9.17, 15) is 4.79 Å². The fourth-order valence-electron chi connectivity index (χ4n) is 8.20. The monoisotopic (exact) mass is 504 g/mol. The lowest BCUT2D eigenvalue weighted by Crippen LogP contribution is -2.64. The number of hydrogen-bond donors (Lipinski definition) is 0. The van der Waals surface area contributed by atoms with Crippen molar-refractivity contribution >= 4 is 17.5 Å². The predicted molar refractivity (Wildman–Crippen MR) is 147 cm³/mol. The second kappa shape index (κ2) is 10.1. The molecule has 2 aromatic carbocycles. The highest BCUT2D eigenvalue weighted by molar-refractivity contribution is 6.30. The van der Waals surface area contributed by atoms with E-state index in [0.29, 0.717) is 17.4 Å². The van der Waals surface area contributed by atoms with Crippen LogP contribution in [0.25, 0.3) is 0 Å². The lowest BCUT2D eigenvalue weighted by atomic mass is 9.62. The van der Waals surface area contributed by atoms with Crippen molar-refractivity contribution in [2.45, 2.75) is 82.1 Å². The van der Waals surface area contributed by atoms with Gasteiger partial charge in [-0.15, -0.1) is 0 Å². The first-order valence-corrected chi connectivity index (χ1v) is 14.8. The Hall–Kier alpha value is -1.84. The van der Waals surface area contributed by atoms with Gasteiger partial charge >= 0.3 is 0 Å². The Labute approximate surface area is 222 Å². The third-order valence-corrected chi connectivity index (χ3v) is 10.4. The number of carbonyl (C=O) groups excluding carboxylic acids is 1. The molecule has 36 heavy (non-hydrogen) atoms. The van der Waals surface area contributed by atoms with E-state index in [1.165, 1.54) is 56.1 Å². The van der Waals surface area contributed by atoms with Gasteiger partial charge in [-0.3, -0.25) is 9.69 Å². The van der Waals surface area contributed by atoms with Crippen molar-refractivity contribution in [2.75, 3.05) is 26.2 Å². The van der Waals surface area contributed by atoms with E-state index >= 15 is 0 Å². The van der Waals surface area contributed by atoms with E-state index < -0.39 is 0 Å². The Bertz CT molecular complexity index is 1030. The second-order valence-corrected chi connectivity index (χ2v) is 12.7. The molecule has 2 heterocycles. The first-order chi connectivity index (χ1) is 17.6. The van der Waals surface area contributed by atoms with Crippen molar-refractivity contribution < 1.29 is 4.79 Å². The third kappa shape index (κ3) is 4.52. The standard InChI is InChI=1S/C32H41ClN2O/c33-28-15-13-27(14-16-28)31(17-7-8-18-31)23-35-24-32(29(35)25-9-3-1-4-10-25)19-21-34(22-20-32)30(36)26-11-5-2-6-12-26/h1,3-4,9-10,13-16,26,29H,2,5-8,11-12,17-24H2. The third-order valence-electron chi connectivity index (χ3n) is 10.1. The molecule has 0 aromatic heterocycles. The molecule has 1 atom stereocenters. The molecule has 2 saturated carbocycles. The van der Waals surface area contributed by atoms with Gasteiger partial charge in [0.2, 0.25) is 5.91 Å². The van der Waals surface area contributed by atoms with Crippen molar-refractivity contribution in [2.24, 2.45) is 11.3 Å². The summed E-state index contributed by atoms with van der Waals surface area (Å²) >= 11 is 6.25. The van der Waals surface area contributed by atoms with Gasteiger partial charge in [-0.1, -0.05) is 86.2 Å². The number of halogens is 1. The molecule has 1 unspecified atom stereocenters. The molecule has 192 valence electrons. The van der Waals surface area contributed by atoms with Gasteiger partial charge in [-0.25, -0.2) is 0 Å². The average Bonchev–Trinajstić information content (AvgIpc) is 3.39. The summed E-state index contributed by atoms with van der Waals surface area (Å²) in [6.45, 7) is 4.16. The van der Waals surface area contributed by atoms with Crippen LogP contribution in [0.3, 0.4) is 0 Å². The smallest absolute Gasteiger partial charge is 0.225 e. The molecule has 3 nitrogen and oxygen atoms in total. The summed E-state index contributed by atoms with van der Waals surface area (Å²) in [5.74, 6) is 0.738. The first-order valence-electron chi connectivity index (χ1n) is 14.4. The minimum absolute atomic E-state index is 0.233. The number of carbonyl (C=O) groups is 1. The average molecular weight is 505 g/mol. The van der Waals surface area contributed by atoms with Crippen LogP contribution in [-0.4, -0.2) is 41.9 Å². The number of hydrogen-bond acceptors (Lipinski definition) is 2. The summed E-state index contributed by atoms with van der Waals surface area (Å²) in [5, 5.41) is 0.825. The van der Waals surface area contributed by atoms with Gasteiger partial charge in [0, 0.05) is 54.0 Å². The van der Waals surface area contributed by atoms with Gasteiger partial charge in [0.15, 0.2) is 0 Å². The van der Waals surface area contributed by atoms with E-state index in [1.54, 1.807) is 0 Å². The van der Waals surface area contributed by atoms with Crippen LogP contribution in [0.1, 0.15) is 87.8 Å². The molecule has 6 rings (SSSR count). The maximum atomic E-state index is 13.2. The summed E-state index contributed by atoms with van der Waals surface area (Å²) in [6.07, 6.45) is 13.4. The van der Waals surface area contributed by atoms with Crippen LogP contribution in [-0.2, 0) is 10.2 Å². The molecule has 4 heteroatoms. The van der Waals surface area contributed by atoms with Crippen molar-refractivity contribution in [3.05, 3.63) is 70.7 Å². The van der Waals surface area contributed by atoms with Crippen LogP contribution in [0.2, 0.25) is 5.02 Å². The zero-order chi connectivity index (χ0) is 24.6. The van der Waals surface area contributed by atoms with Gasteiger partial charge in [0.1, 0.15) is 0 Å². The topological polar surface area (TPSA) is 23.6 Å². The zero-order valence-electron chi connectivity index (χ0n) is 21.6. The number of nitrogens with zero attached hydrogens (tertiary/aromatic N) is 2. The van der Waals surface area contributed by atoms with Gasteiger partial charge < -0.3 is 4.90 Å². The molecule has 4 fully saturated rings. The summed E-state index contributed by atoms with van der Waals surface area (Å²) in [4.78, 5) is 18.3. The summed E-state index contributed by atoms with van der Waals surface area (Å²) in [7, 11) is 0. The van der Waals surface area contributed by atoms with Gasteiger partial charge in [-0.2, -0.15) is 0 Å². The van der Waals surface area contributed by atoms with Crippen molar-refractivity contribution in [3.8, 4) is 0 Å². The maximum absolute atomic E-state index is 13.2. The number of rotatable bonds is 5. The van der Waals surface area contributed by atoms with E-state index in [2.05, 4.69) is 64.4 Å².